The van der Waals surface area contributed by atoms with Crippen LogP contribution in [-0.4, -0.2) is 35.7 Å². The van der Waals surface area contributed by atoms with Gasteiger partial charge in [-0.15, -0.1) is 0 Å². The molecule has 0 aromatic heterocycles. The largest absolute Gasteiger partial charge is 0.496 e. The normalized spacial score (nSPS) is 19.9. The second-order valence-corrected chi connectivity index (χ2v) is 5.57. The quantitative estimate of drug-likeness (QED) is 0.919. The van der Waals surface area contributed by atoms with Crippen molar-refractivity contribution in [1.82, 2.24) is 4.90 Å². The summed E-state index contributed by atoms with van der Waals surface area (Å²) in [5.74, 6) is 0.135. The number of hydrogen-bond donors (Lipinski definition) is 1. The monoisotopic (exact) mass is 277 g/mol. The number of carbonyl (C=O) groups is 1. The predicted octanol–water partition coefficient (Wildman–Crippen LogP) is 2.75. The fraction of sp³-hybridized carbons (Fsp3) is 0.562. The van der Waals surface area contributed by atoms with Gasteiger partial charge in [0.15, 0.2) is 0 Å². The lowest BCUT2D eigenvalue weighted by atomic mass is 9.99. The Labute approximate surface area is 120 Å². The molecule has 1 fully saturated rings. The van der Waals surface area contributed by atoms with Crippen LogP contribution in [0, 0.1) is 13.8 Å². The number of benzene rings is 1. The van der Waals surface area contributed by atoms with Crippen molar-refractivity contribution in [3.63, 3.8) is 0 Å². The maximum absolute atomic E-state index is 11.4. The Balaban J connectivity index is 2.23. The Morgan fingerprint density at radius 2 is 2.05 bits per heavy atom. The molecule has 1 aliphatic rings. The highest BCUT2D eigenvalue weighted by atomic mass is 16.5. The summed E-state index contributed by atoms with van der Waals surface area (Å²) in [6.45, 7) is 5.61. The number of carboxylic acid groups (broad SMARTS) is 1. The third-order valence-electron chi connectivity index (χ3n) is 4.17. The van der Waals surface area contributed by atoms with Crippen LogP contribution in [0.15, 0.2) is 12.1 Å². The van der Waals surface area contributed by atoms with Gasteiger partial charge in [0.1, 0.15) is 11.8 Å². The lowest BCUT2D eigenvalue weighted by Gasteiger charge is -2.33. The minimum absolute atomic E-state index is 0.366. The van der Waals surface area contributed by atoms with Gasteiger partial charge in [-0.1, -0.05) is 12.5 Å². The zero-order valence-corrected chi connectivity index (χ0v) is 12.5. The molecule has 4 heteroatoms. The fourth-order valence-corrected chi connectivity index (χ4v) is 2.84. The highest BCUT2D eigenvalue weighted by Crippen LogP contribution is 2.27. The van der Waals surface area contributed by atoms with Crippen LogP contribution in [-0.2, 0) is 11.3 Å². The van der Waals surface area contributed by atoms with E-state index in [1.165, 1.54) is 11.1 Å². The van der Waals surface area contributed by atoms with Crippen molar-refractivity contribution in [2.75, 3.05) is 13.7 Å². The Kier molecular flexibility index (Phi) is 4.65. The van der Waals surface area contributed by atoms with Crippen molar-refractivity contribution in [2.45, 2.75) is 45.7 Å². The molecule has 0 amide bonds. The number of ether oxygens (including phenoxy) is 1. The van der Waals surface area contributed by atoms with Crippen LogP contribution in [0.2, 0.25) is 0 Å². The van der Waals surface area contributed by atoms with E-state index in [2.05, 4.69) is 24.8 Å². The van der Waals surface area contributed by atoms with E-state index in [4.69, 9.17) is 4.74 Å². The highest BCUT2D eigenvalue weighted by Gasteiger charge is 2.28. The van der Waals surface area contributed by atoms with Crippen LogP contribution in [0.4, 0.5) is 0 Å². The van der Waals surface area contributed by atoms with Gasteiger partial charge in [-0.25, -0.2) is 0 Å². The van der Waals surface area contributed by atoms with Gasteiger partial charge in [-0.05, 0) is 50.4 Å². The summed E-state index contributed by atoms with van der Waals surface area (Å²) < 4.78 is 5.44. The lowest BCUT2D eigenvalue weighted by molar-refractivity contribution is -0.144. The molecule has 0 radical (unpaired) electrons. The van der Waals surface area contributed by atoms with Gasteiger partial charge in [0.2, 0.25) is 0 Å². The van der Waals surface area contributed by atoms with Gasteiger partial charge in [-0.3, -0.25) is 9.69 Å². The van der Waals surface area contributed by atoms with E-state index in [1.54, 1.807) is 7.11 Å². The van der Waals surface area contributed by atoms with Crippen LogP contribution in [0.3, 0.4) is 0 Å². The third kappa shape index (κ3) is 3.12. The molecule has 0 aliphatic carbocycles. The molecule has 1 aromatic carbocycles. The minimum atomic E-state index is -0.715. The topological polar surface area (TPSA) is 49.8 Å². The molecule has 1 aliphatic heterocycles. The molecule has 4 nitrogen and oxygen atoms in total. The molecular weight excluding hydrogens is 254 g/mol. The molecule has 1 heterocycles. The molecule has 0 spiro atoms. The SMILES string of the molecule is COc1cc(C)c(C)cc1CN1CCCCC1C(=O)O. The van der Waals surface area contributed by atoms with E-state index in [-0.39, 0.29) is 6.04 Å². The van der Waals surface area contributed by atoms with Crippen molar-refractivity contribution in [1.29, 1.82) is 0 Å². The van der Waals surface area contributed by atoms with E-state index in [1.807, 2.05) is 6.07 Å². The van der Waals surface area contributed by atoms with Crippen molar-refractivity contribution < 1.29 is 14.6 Å². The van der Waals surface area contributed by atoms with E-state index >= 15 is 0 Å². The third-order valence-corrected chi connectivity index (χ3v) is 4.17. The van der Waals surface area contributed by atoms with Crippen LogP contribution in [0.1, 0.15) is 36.0 Å². The number of aliphatic carboxylic acids is 1. The number of piperidine rings is 1. The first-order chi connectivity index (χ1) is 9.52. The molecule has 0 saturated carbocycles. The zero-order chi connectivity index (χ0) is 14.7. The van der Waals surface area contributed by atoms with Gasteiger partial charge in [0.25, 0.3) is 0 Å². The van der Waals surface area contributed by atoms with Gasteiger partial charge in [0.05, 0.1) is 7.11 Å². The molecule has 20 heavy (non-hydrogen) atoms. The fourth-order valence-electron chi connectivity index (χ4n) is 2.84. The van der Waals surface area contributed by atoms with E-state index in [0.717, 1.165) is 37.1 Å². The van der Waals surface area contributed by atoms with Crippen molar-refractivity contribution in [3.05, 3.63) is 28.8 Å². The van der Waals surface area contributed by atoms with E-state index in [9.17, 15) is 9.90 Å². The lowest BCUT2D eigenvalue weighted by Crippen LogP contribution is -2.44. The highest BCUT2D eigenvalue weighted by molar-refractivity contribution is 5.73. The van der Waals surface area contributed by atoms with Gasteiger partial charge in [0, 0.05) is 12.1 Å². The summed E-state index contributed by atoms with van der Waals surface area (Å²) in [6, 6.07) is 3.78. The second-order valence-electron chi connectivity index (χ2n) is 5.57. The predicted molar refractivity (Wildman–Crippen MR) is 78.2 cm³/mol. The molecule has 1 unspecified atom stereocenters. The number of carboxylic acids is 1. The number of rotatable bonds is 4. The summed E-state index contributed by atoms with van der Waals surface area (Å²) in [6.07, 6.45) is 2.80. The Morgan fingerprint density at radius 3 is 2.70 bits per heavy atom. The molecule has 2 rings (SSSR count). The molecule has 1 N–H and O–H groups in total. The number of nitrogens with zero attached hydrogens (tertiary/aromatic N) is 1. The minimum Gasteiger partial charge on any atom is -0.496 e. The molecule has 1 atom stereocenters. The number of hydrogen-bond acceptors (Lipinski definition) is 3. The van der Waals surface area contributed by atoms with Crippen LogP contribution >= 0.6 is 0 Å². The van der Waals surface area contributed by atoms with Crippen molar-refractivity contribution in [2.24, 2.45) is 0 Å². The standard InChI is InChI=1S/C16H23NO3/c1-11-8-13(15(20-3)9-12(11)2)10-17-7-5-4-6-14(17)16(18)19/h8-9,14H,4-7,10H2,1-3H3,(H,18,19). The first-order valence-electron chi connectivity index (χ1n) is 7.14. The molecule has 1 saturated heterocycles. The van der Waals surface area contributed by atoms with Crippen LogP contribution < -0.4 is 4.74 Å². The zero-order valence-electron chi connectivity index (χ0n) is 12.5. The van der Waals surface area contributed by atoms with Crippen LogP contribution in [0.5, 0.6) is 5.75 Å². The second kappa shape index (κ2) is 6.27. The Morgan fingerprint density at radius 1 is 1.35 bits per heavy atom. The summed E-state index contributed by atoms with van der Waals surface area (Å²) in [5.41, 5.74) is 3.48. The Bertz CT molecular complexity index is 499. The molecule has 1 aromatic rings. The summed E-state index contributed by atoms with van der Waals surface area (Å²) in [4.78, 5) is 13.4. The summed E-state index contributed by atoms with van der Waals surface area (Å²) >= 11 is 0. The molecular formula is C16H23NO3. The first-order valence-corrected chi connectivity index (χ1v) is 7.14. The van der Waals surface area contributed by atoms with Crippen LogP contribution in [0.25, 0.3) is 0 Å². The number of likely N-dealkylation sites (tertiary alicyclic amines) is 1. The molecule has 110 valence electrons. The van der Waals surface area contributed by atoms with Gasteiger partial charge < -0.3 is 9.84 Å². The van der Waals surface area contributed by atoms with Crippen molar-refractivity contribution in [3.8, 4) is 5.75 Å². The summed E-state index contributed by atoms with van der Waals surface area (Å²) in [7, 11) is 1.67. The smallest absolute Gasteiger partial charge is 0.320 e. The number of methoxy groups -OCH3 is 1. The number of aryl methyl sites for hydroxylation is 2. The van der Waals surface area contributed by atoms with E-state index in [0.29, 0.717) is 6.54 Å². The van der Waals surface area contributed by atoms with Crippen molar-refractivity contribution >= 4 is 5.97 Å². The average Bonchev–Trinajstić information content (AvgIpc) is 2.43. The maximum atomic E-state index is 11.4. The first kappa shape index (κ1) is 14.9. The van der Waals surface area contributed by atoms with Gasteiger partial charge in [-0.2, -0.15) is 0 Å². The maximum Gasteiger partial charge on any atom is 0.320 e. The average molecular weight is 277 g/mol. The summed E-state index contributed by atoms with van der Waals surface area (Å²) in [5, 5.41) is 9.34. The molecule has 0 bridgehead atoms. The Hall–Kier alpha value is -1.55. The van der Waals surface area contributed by atoms with Gasteiger partial charge >= 0.3 is 5.97 Å². The van der Waals surface area contributed by atoms with E-state index < -0.39 is 5.97 Å².